The number of aliphatic hydroxyl groups is 2. The van der Waals surface area contributed by atoms with Gasteiger partial charge in [-0.05, 0) is 42.7 Å². The molecule has 1 aliphatic carbocycles. The number of hydrogen-bond acceptors (Lipinski definition) is 9. The third kappa shape index (κ3) is 3.54. The Labute approximate surface area is 172 Å². The zero-order valence-corrected chi connectivity index (χ0v) is 16.3. The van der Waals surface area contributed by atoms with Gasteiger partial charge in [0.05, 0.1) is 5.69 Å². The summed E-state index contributed by atoms with van der Waals surface area (Å²) in [5, 5.41) is 25.3. The van der Waals surface area contributed by atoms with Gasteiger partial charge in [0.2, 0.25) is 6.61 Å². The number of ether oxygens (including phenoxy) is 3. The fourth-order valence-corrected chi connectivity index (χ4v) is 3.99. The van der Waals surface area contributed by atoms with Crippen molar-refractivity contribution in [2.45, 2.75) is 62.2 Å². The lowest BCUT2D eigenvalue weighted by Crippen LogP contribution is -2.45. The number of nitrogens with zero attached hydrogens (tertiary/aromatic N) is 4. The second kappa shape index (κ2) is 8.06. The minimum absolute atomic E-state index is 0.193. The molecule has 1 aliphatic heterocycles. The van der Waals surface area contributed by atoms with E-state index in [-0.39, 0.29) is 11.9 Å². The average Bonchev–Trinajstić information content (AvgIpc) is 3.29. The predicted octanol–water partition coefficient (Wildman–Crippen LogP) is 1.25. The fraction of sp³-hybridized carbons (Fsp3) is 0.579. The molecule has 0 bridgehead atoms. The number of aromatic nitrogens is 3. The van der Waals surface area contributed by atoms with E-state index in [0.29, 0.717) is 11.2 Å². The van der Waals surface area contributed by atoms with Gasteiger partial charge in [0.25, 0.3) is 6.57 Å². The lowest BCUT2D eigenvalue weighted by molar-refractivity contribution is -0.0959. The van der Waals surface area contributed by atoms with Gasteiger partial charge in [0, 0.05) is 0 Å². The summed E-state index contributed by atoms with van der Waals surface area (Å²) in [4.78, 5) is 19.6. The van der Waals surface area contributed by atoms with Crippen LogP contribution in [0.15, 0.2) is 18.5 Å². The highest BCUT2D eigenvalue weighted by Crippen LogP contribution is 2.42. The van der Waals surface area contributed by atoms with E-state index in [1.165, 1.54) is 10.8 Å². The van der Waals surface area contributed by atoms with Crippen LogP contribution >= 0.6 is 0 Å². The van der Waals surface area contributed by atoms with Crippen molar-refractivity contribution in [3.05, 3.63) is 29.0 Å². The van der Waals surface area contributed by atoms with E-state index in [4.69, 9.17) is 26.5 Å². The molecule has 2 aliphatic rings. The molecule has 0 aromatic carbocycles. The molecule has 2 fully saturated rings. The minimum Gasteiger partial charge on any atom is -0.431 e. The standard InChI is InChI=1S/C19H24N5O6/c1-21-19(9-28-18(27)29-11-5-3-2-4-6-11)16(26)14(25)15(30-19)12-7-8-13-17(20)22-10-23-24(12)13/h1,7-8,10-11,14-16,25-26H,2-6,9H2,(H2,20,22,23)/q+1/t14-,15-,16-,19+/m0/s1. The Morgan fingerprint density at radius 1 is 1.37 bits per heavy atom. The number of nitrogens with two attached hydrogens (primary N) is 1. The van der Waals surface area contributed by atoms with Crippen LogP contribution in [-0.2, 0) is 14.2 Å². The molecule has 1 saturated heterocycles. The molecular formula is C19H24N5O6+. The first-order valence-corrected chi connectivity index (χ1v) is 9.83. The number of carbonyl (C=O) groups is 1. The minimum atomic E-state index is -1.86. The van der Waals surface area contributed by atoms with Gasteiger partial charge in [-0.1, -0.05) is 6.42 Å². The molecule has 160 valence electrons. The number of hydrogen-bond donors (Lipinski definition) is 3. The molecule has 11 heteroatoms. The molecule has 4 atom stereocenters. The number of fused-ring (bicyclic) bond motifs is 1. The second-order valence-corrected chi connectivity index (χ2v) is 7.56. The highest BCUT2D eigenvalue weighted by Gasteiger charge is 2.65. The van der Waals surface area contributed by atoms with Gasteiger partial charge in [0.15, 0.2) is 11.9 Å². The van der Waals surface area contributed by atoms with E-state index in [1.807, 2.05) is 0 Å². The summed E-state index contributed by atoms with van der Waals surface area (Å²) in [6, 6.07) is 3.29. The normalized spacial score (nSPS) is 29.6. The smallest absolute Gasteiger partial charge is 0.431 e. The topological polar surface area (TPSA) is 146 Å². The van der Waals surface area contributed by atoms with Gasteiger partial charge in [-0.15, -0.1) is 0 Å². The molecule has 1 saturated carbocycles. The maximum atomic E-state index is 12.1. The second-order valence-electron chi connectivity index (χ2n) is 7.56. The van der Waals surface area contributed by atoms with Crippen LogP contribution < -0.4 is 5.73 Å². The molecular weight excluding hydrogens is 394 g/mol. The number of carbonyl (C=O) groups excluding carboxylic acids is 1. The zero-order valence-electron chi connectivity index (χ0n) is 16.3. The van der Waals surface area contributed by atoms with Gasteiger partial charge in [-0.2, -0.15) is 5.10 Å². The van der Waals surface area contributed by atoms with Crippen molar-refractivity contribution in [2.24, 2.45) is 0 Å². The summed E-state index contributed by atoms with van der Waals surface area (Å²) < 4.78 is 17.7. The van der Waals surface area contributed by atoms with E-state index < -0.39 is 36.8 Å². The Kier molecular flexibility index (Phi) is 5.46. The predicted molar refractivity (Wildman–Crippen MR) is 104 cm³/mol. The van der Waals surface area contributed by atoms with Crippen LogP contribution in [0.3, 0.4) is 0 Å². The molecule has 4 N–H and O–H groups in total. The number of nitrogen functional groups attached to an aromatic ring is 1. The highest BCUT2D eigenvalue weighted by molar-refractivity contribution is 5.65. The summed E-state index contributed by atoms with van der Waals surface area (Å²) in [5.41, 5.74) is 4.88. The first kappa shape index (κ1) is 20.3. The van der Waals surface area contributed by atoms with Crippen LogP contribution in [-0.4, -0.2) is 61.6 Å². The van der Waals surface area contributed by atoms with E-state index in [2.05, 4.69) is 14.9 Å². The summed E-state index contributed by atoms with van der Waals surface area (Å²) in [7, 11) is 0. The summed E-state index contributed by atoms with van der Waals surface area (Å²) >= 11 is 0. The Morgan fingerprint density at radius 2 is 2.13 bits per heavy atom. The van der Waals surface area contributed by atoms with Crippen LogP contribution in [0.1, 0.15) is 43.9 Å². The molecule has 3 heterocycles. The van der Waals surface area contributed by atoms with Crippen LogP contribution in [0, 0.1) is 6.57 Å². The molecule has 11 nitrogen and oxygen atoms in total. The van der Waals surface area contributed by atoms with Gasteiger partial charge in [0.1, 0.15) is 30.2 Å². The molecule has 0 radical (unpaired) electrons. The van der Waals surface area contributed by atoms with Crippen molar-refractivity contribution in [1.29, 1.82) is 0 Å². The largest absolute Gasteiger partial charge is 0.508 e. The summed E-state index contributed by atoms with van der Waals surface area (Å²) in [6.07, 6.45) is 0.828. The van der Waals surface area contributed by atoms with Crippen molar-refractivity contribution < 1.29 is 29.2 Å². The maximum absolute atomic E-state index is 12.1. The third-order valence-electron chi connectivity index (χ3n) is 5.66. The van der Waals surface area contributed by atoms with Gasteiger partial charge in [-0.25, -0.2) is 14.3 Å². The van der Waals surface area contributed by atoms with Crippen LogP contribution in [0.2, 0.25) is 0 Å². The number of anilines is 1. The number of aliphatic hydroxyl groups excluding tert-OH is 2. The van der Waals surface area contributed by atoms with Crippen molar-refractivity contribution >= 4 is 17.5 Å². The van der Waals surface area contributed by atoms with E-state index in [9.17, 15) is 15.0 Å². The van der Waals surface area contributed by atoms with Gasteiger partial charge >= 0.3 is 11.9 Å². The molecule has 0 amide bonds. The van der Waals surface area contributed by atoms with Gasteiger partial charge in [-0.3, -0.25) is 4.74 Å². The van der Waals surface area contributed by atoms with Crippen molar-refractivity contribution in [3.8, 4) is 6.57 Å². The Morgan fingerprint density at radius 3 is 2.87 bits per heavy atom. The zero-order chi connectivity index (χ0) is 21.3. The summed E-state index contributed by atoms with van der Waals surface area (Å²) in [6.45, 7) is 4.97. The van der Waals surface area contributed by atoms with Gasteiger partial charge < -0.3 is 25.4 Å². The molecule has 30 heavy (non-hydrogen) atoms. The van der Waals surface area contributed by atoms with E-state index >= 15 is 0 Å². The molecule has 2 aromatic rings. The maximum Gasteiger partial charge on any atom is 0.508 e. The van der Waals surface area contributed by atoms with Crippen LogP contribution in [0.4, 0.5) is 10.6 Å². The Hall–Kier alpha value is -2.94. The van der Waals surface area contributed by atoms with E-state index in [1.54, 1.807) is 12.1 Å². The Bertz CT molecular complexity index is 968. The molecule has 0 unspecified atom stereocenters. The fourth-order valence-electron chi connectivity index (χ4n) is 3.99. The third-order valence-corrected chi connectivity index (χ3v) is 5.66. The first-order valence-electron chi connectivity index (χ1n) is 9.83. The van der Waals surface area contributed by atoms with Crippen molar-refractivity contribution in [1.82, 2.24) is 14.6 Å². The average molecular weight is 418 g/mol. The first-order chi connectivity index (χ1) is 14.4. The van der Waals surface area contributed by atoms with Crippen LogP contribution in [0.25, 0.3) is 10.4 Å². The molecule has 4 rings (SSSR count). The SMILES string of the molecule is C#[N+][C@]1(COC(=O)OC2CCCCC2)O[C@@H](c2ccc3c(N)ncnn23)[C@H](O)[C@@H]1O. The number of rotatable bonds is 4. The monoisotopic (exact) mass is 418 g/mol. The van der Waals surface area contributed by atoms with Crippen molar-refractivity contribution in [2.75, 3.05) is 12.3 Å². The Balaban J connectivity index is 1.49. The van der Waals surface area contributed by atoms with E-state index in [0.717, 1.165) is 32.1 Å². The summed E-state index contributed by atoms with van der Waals surface area (Å²) in [5.74, 6) is 0.243. The molecule has 0 spiro atoms. The lowest BCUT2D eigenvalue weighted by Gasteiger charge is -2.22. The quantitative estimate of drug-likeness (QED) is 0.624. The van der Waals surface area contributed by atoms with Crippen molar-refractivity contribution in [3.63, 3.8) is 0 Å². The highest BCUT2D eigenvalue weighted by atomic mass is 16.7. The van der Waals surface area contributed by atoms with Crippen LogP contribution in [0.5, 0.6) is 0 Å². The molecule has 2 aromatic heterocycles. The lowest BCUT2D eigenvalue weighted by atomic mass is 9.98.